The summed E-state index contributed by atoms with van der Waals surface area (Å²) in [5.74, 6) is 1.88. The van der Waals surface area contributed by atoms with E-state index in [-0.39, 0.29) is 0 Å². The molecule has 0 radical (unpaired) electrons. The fraction of sp³-hybridized carbons (Fsp3) is 0.600. The second kappa shape index (κ2) is 3.92. The summed E-state index contributed by atoms with van der Waals surface area (Å²) in [6.45, 7) is 3.86. The van der Waals surface area contributed by atoms with Crippen molar-refractivity contribution in [2.45, 2.75) is 26.2 Å². The van der Waals surface area contributed by atoms with Crippen LogP contribution in [0.2, 0.25) is 0 Å². The second-order valence-corrected chi connectivity index (χ2v) is 3.94. The molecule has 0 bridgehead atoms. The van der Waals surface area contributed by atoms with Crippen LogP contribution in [-0.2, 0) is 0 Å². The maximum Gasteiger partial charge on any atom is 0.157 e. The van der Waals surface area contributed by atoms with Gasteiger partial charge >= 0.3 is 0 Å². The van der Waals surface area contributed by atoms with Crippen LogP contribution in [-0.4, -0.2) is 23.1 Å². The van der Waals surface area contributed by atoms with Crippen LogP contribution in [0, 0.1) is 6.92 Å². The normalized spacial score (nSPS) is 16.7. The molecule has 5 heteroatoms. The highest BCUT2D eigenvalue weighted by atomic mass is 15.2. The molecule has 82 valence electrons. The summed E-state index contributed by atoms with van der Waals surface area (Å²) in [7, 11) is 0. The van der Waals surface area contributed by atoms with Crippen molar-refractivity contribution in [3.8, 4) is 0 Å². The standard InChI is InChI=1S/C10H17N5/c1-7-13-9(12)8(11)10(14-7)15-5-3-2-4-6-15/h2-6,11H2,1H3,(H2,12,13,14). The van der Waals surface area contributed by atoms with E-state index in [2.05, 4.69) is 14.9 Å². The molecule has 1 saturated heterocycles. The monoisotopic (exact) mass is 207 g/mol. The fourth-order valence-electron chi connectivity index (χ4n) is 1.93. The van der Waals surface area contributed by atoms with E-state index in [1.807, 2.05) is 6.92 Å². The van der Waals surface area contributed by atoms with Gasteiger partial charge in [-0.25, -0.2) is 9.97 Å². The largest absolute Gasteiger partial charge is 0.393 e. The molecule has 0 atom stereocenters. The van der Waals surface area contributed by atoms with Crippen molar-refractivity contribution in [3.63, 3.8) is 0 Å². The van der Waals surface area contributed by atoms with Crippen LogP contribution < -0.4 is 16.4 Å². The molecule has 1 aromatic heterocycles. The van der Waals surface area contributed by atoms with Crippen molar-refractivity contribution in [3.05, 3.63) is 5.82 Å². The Morgan fingerprint density at radius 3 is 2.40 bits per heavy atom. The molecule has 1 fully saturated rings. The maximum atomic E-state index is 5.89. The molecule has 0 saturated carbocycles. The molecule has 2 rings (SSSR count). The molecule has 1 aliphatic rings. The summed E-state index contributed by atoms with van der Waals surface area (Å²) in [4.78, 5) is 10.6. The van der Waals surface area contributed by atoms with E-state index in [9.17, 15) is 0 Å². The number of piperidine rings is 1. The first kappa shape index (κ1) is 10.0. The van der Waals surface area contributed by atoms with Crippen molar-refractivity contribution in [1.82, 2.24) is 9.97 Å². The zero-order chi connectivity index (χ0) is 10.8. The van der Waals surface area contributed by atoms with E-state index in [1.165, 1.54) is 19.3 Å². The fourth-order valence-corrected chi connectivity index (χ4v) is 1.93. The summed E-state index contributed by atoms with van der Waals surface area (Å²) in [5, 5.41) is 0. The topological polar surface area (TPSA) is 81.1 Å². The van der Waals surface area contributed by atoms with Crippen LogP contribution >= 0.6 is 0 Å². The maximum absolute atomic E-state index is 5.89. The van der Waals surface area contributed by atoms with Gasteiger partial charge in [0.05, 0.1) is 0 Å². The Hall–Kier alpha value is -1.52. The third-order valence-corrected chi connectivity index (χ3v) is 2.72. The molecule has 1 aliphatic heterocycles. The van der Waals surface area contributed by atoms with Gasteiger partial charge in [-0.05, 0) is 26.2 Å². The number of hydrogen-bond acceptors (Lipinski definition) is 5. The van der Waals surface area contributed by atoms with Crippen LogP contribution in [0.3, 0.4) is 0 Å². The van der Waals surface area contributed by atoms with Gasteiger partial charge < -0.3 is 16.4 Å². The van der Waals surface area contributed by atoms with Gasteiger partial charge in [-0.15, -0.1) is 0 Å². The zero-order valence-corrected chi connectivity index (χ0v) is 9.03. The molecule has 0 amide bonds. The van der Waals surface area contributed by atoms with Crippen molar-refractivity contribution < 1.29 is 0 Å². The predicted octanol–water partition coefficient (Wildman–Crippen LogP) is 0.940. The van der Waals surface area contributed by atoms with Gasteiger partial charge in [0.15, 0.2) is 11.6 Å². The molecule has 15 heavy (non-hydrogen) atoms. The first-order valence-electron chi connectivity index (χ1n) is 5.33. The number of nitrogens with zero attached hydrogens (tertiary/aromatic N) is 3. The minimum atomic E-state index is 0.392. The lowest BCUT2D eigenvalue weighted by Crippen LogP contribution is -2.31. The van der Waals surface area contributed by atoms with Gasteiger partial charge in [0.1, 0.15) is 11.5 Å². The Morgan fingerprint density at radius 2 is 1.73 bits per heavy atom. The highest BCUT2D eigenvalue weighted by Crippen LogP contribution is 2.27. The predicted molar refractivity (Wildman–Crippen MR) is 61.7 cm³/mol. The molecule has 1 aromatic rings. The lowest BCUT2D eigenvalue weighted by molar-refractivity contribution is 0.573. The van der Waals surface area contributed by atoms with Crippen molar-refractivity contribution in [2.75, 3.05) is 29.5 Å². The third-order valence-electron chi connectivity index (χ3n) is 2.72. The molecular weight excluding hydrogens is 190 g/mol. The Balaban J connectivity index is 2.33. The minimum absolute atomic E-state index is 0.392. The quantitative estimate of drug-likeness (QED) is 0.716. The number of anilines is 3. The Bertz CT molecular complexity index is 357. The first-order valence-corrected chi connectivity index (χ1v) is 5.33. The van der Waals surface area contributed by atoms with Gasteiger partial charge in [-0.1, -0.05) is 0 Å². The average Bonchev–Trinajstić information content (AvgIpc) is 2.24. The number of nitrogens with two attached hydrogens (primary N) is 2. The van der Waals surface area contributed by atoms with Crippen molar-refractivity contribution in [1.29, 1.82) is 0 Å². The number of nitrogen functional groups attached to an aromatic ring is 2. The van der Waals surface area contributed by atoms with E-state index in [0.717, 1.165) is 18.9 Å². The number of aryl methyl sites for hydroxylation is 1. The summed E-state index contributed by atoms with van der Waals surface area (Å²) >= 11 is 0. The Labute approximate surface area is 89.5 Å². The molecule has 0 aliphatic carbocycles. The Morgan fingerprint density at radius 1 is 1.07 bits per heavy atom. The minimum Gasteiger partial charge on any atom is -0.393 e. The highest BCUT2D eigenvalue weighted by Gasteiger charge is 2.17. The highest BCUT2D eigenvalue weighted by molar-refractivity contribution is 5.73. The van der Waals surface area contributed by atoms with Gasteiger partial charge in [0.2, 0.25) is 0 Å². The van der Waals surface area contributed by atoms with Crippen molar-refractivity contribution >= 4 is 17.3 Å². The number of hydrogen-bond donors (Lipinski definition) is 2. The Kier molecular flexibility index (Phi) is 2.62. The second-order valence-electron chi connectivity index (χ2n) is 3.94. The lowest BCUT2D eigenvalue weighted by Gasteiger charge is -2.28. The average molecular weight is 207 g/mol. The lowest BCUT2D eigenvalue weighted by atomic mass is 10.1. The van der Waals surface area contributed by atoms with Gasteiger partial charge in [-0.3, -0.25) is 0 Å². The van der Waals surface area contributed by atoms with E-state index < -0.39 is 0 Å². The third kappa shape index (κ3) is 1.95. The van der Waals surface area contributed by atoms with Crippen LogP contribution in [0.15, 0.2) is 0 Å². The van der Waals surface area contributed by atoms with E-state index in [0.29, 0.717) is 17.3 Å². The molecular formula is C10H17N5. The van der Waals surface area contributed by atoms with E-state index >= 15 is 0 Å². The molecule has 0 spiro atoms. The molecule has 0 unspecified atom stereocenters. The summed E-state index contributed by atoms with van der Waals surface area (Å²) in [6.07, 6.45) is 3.68. The van der Waals surface area contributed by atoms with Crippen LogP contribution in [0.1, 0.15) is 25.1 Å². The van der Waals surface area contributed by atoms with E-state index in [1.54, 1.807) is 0 Å². The molecule has 5 nitrogen and oxygen atoms in total. The van der Waals surface area contributed by atoms with Crippen LogP contribution in [0.4, 0.5) is 17.3 Å². The van der Waals surface area contributed by atoms with E-state index in [4.69, 9.17) is 11.5 Å². The number of aromatic nitrogens is 2. The smallest absolute Gasteiger partial charge is 0.157 e. The number of rotatable bonds is 1. The molecule has 4 N–H and O–H groups in total. The van der Waals surface area contributed by atoms with Crippen molar-refractivity contribution in [2.24, 2.45) is 0 Å². The summed E-state index contributed by atoms with van der Waals surface area (Å²) in [6, 6.07) is 0. The van der Waals surface area contributed by atoms with Crippen LogP contribution in [0.25, 0.3) is 0 Å². The zero-order valence-electron chi connectivity index (χ0n) is 9.03. The van der Waals surface area contributed by atoms with Crippen LogP contribution in [0.5, 0.6) is 0 Å². The SMILES string of the molecule is Cc1nc(N)c(N)c(N2CCCCC2)n1. The summed E-state index contributed by atoms with van der Waals surface area (Å²) in [5.41, 5.74) is 12.1. The van der Waals surface area contributed by atoms with Gasteiger partial charge in [-0.2, -0.15) is 0 Å². The molecule has 0 aromatic carbocycles. The molecule has 2 heterocycles. The first-order chi connectivity index (χ1) is 7.18. The summed E-state index contributed by atoms with van der Waals surface area (Å²) < 4.78 is 0. The van der Waals surface area contributed by atoms with Gasteiger partial charge in [0.25, 0.3) is 0 Å². The van der Waals surface area contributed by atoms with Gasteiger partial charge in [0, 0.05) is 13.1 Å².